The third kappa shape index (κ3) is 61.3. The molecule has 0 aromatic rings. The van der Waals surface area contributed by atoms with Gasteiger partial charge in [0.25, 0.3) is 0 Å². The van der Waals surface area contributed by atoms with Gasteiger partial charge in [0.15, 0.2) is 6.10 Å². The number of esters is 3. The second kappa shape index (κ2) is 63.1. The van der Waals surface area contributed by atoms with Crippen LogP contribution in [0.2, 0.25) is 0 Å². The largest absolute Gasteiger partial charge is 0.462 e. The van der Waals surface area contributed by atoms with Gasteiger partial charge in [-0.05, 0) is 116 Å². The summed E-state index contributed by atoms with van der Waals surface area (Å²) < 4.78 is 16.9. The topological polar surface area (TPSA) is 78.9 Å². The molecule has 0 amide bonds. The van der Waals surface area contributed by atoms with E-state index >= 15 is 0 Å². The predicted octanol–water partition coefficient (Wildman–Crippen LogP) is 21.9. The third-order valence-corrected chi connectivity index (χ3v) is 13.9. The van der Waals surface area contributed by atoms with Gasteiger partial charge in [0.05, 0.1) is 0 Å². The van der Waals surface area contributed by atoms with E-state index in [0.29, 0.717) is 19.3 Å². The van der Waals surface area contributed by atoms with Gasteiger partial charge in [0.1, 0.15) is 13.2 Å². The Labute approximate surface area is 465 Å². The molecule has 0 aromatic heterocycles. The number of allylic oxidation sites excluding steroid dienone is 14. The number of ether oxygens (including phenoxy) is 3. The monoisotopic (exact) mass is 1040 g/mol. The van der Waals surface area contributed by atoms with Gasteiger partial charge < -0.3 is 14.2 Å². The van der Waals surface area contributed by atoms with Crippen LogP contribution in [0.4, 0.5) is 0 Å². The van der Waals surface area contributed by atoms with Crippen LogP contribution in [0.1, 0.15) is 316 Å². The van der Waals surface area contributed by atoms with Gasteiger partial charge in [-0.25, -0.2) is 0 Å². The minimum atomic E-state index is -0.787. The van der Waals surface area contributed by atoms with E-state index in [1.807, 2.05) is 0 Å². The van der Waals surface area contributed by atoms with Crippen molar-refractivity contribution in [1.82, 2.24) is 0 Å². The van der Waals surface area contributed by atoms with Crippen molar-refractivity contribution in [2.45, 2.75) is 322 Å². The van der Waals surface area contributed by atoms with Crippen molar-refractivity contribution < 1.29 is 28.6 Å². The molecular formula is C69H120O6. The molecule has 0 fully saturated rings. The number of unbranched alkanes of at least 4 members (excludes halogenated alkanes) is 33. The summed E-state index contributed by atoms with van der Waals surface area (Å²) in [5.41, 5.74) is 0. The van der Waals surface area contributed by atoms with Crippen LogP contribution in [-0.4, -0.2) is 37.2 Å². The first-order valence-electron chi connectivity index (χ1n) is 32.1. The summed E-state index contributed by atoms with van der Waals surface area (Å²) in [5, 5.41) is 0. The highest BCUT2D eigenvalue weighted by Crippen LogP contribution is 2.16. The van der Waals surface area contributed by atoms with Crippen LogP contribution >= 0.6 is 0 Å². The first-order chi connectivity index (χ1) is 37.0. The lowest BCUT2D eigenvalue weighted by Gasteiger charge is -2.18. The van der Waals surface area contributed by atoms with Gasteiger partial charge in [-0.15, -0.1) is 0 Å². The maximum absolute atomic E-state index is 12.9. The number of hydrogen-bond donors (Lipinski definition) is 0. The molecule has 0 aromatic carbocycles. The Hall–Kier alpha value is -3.41. The summed E-state index contributed by atoms with van der Waals surface area (Å²) in [6.07, 6.45) is 82.9. The fourth-order valence-electron chi connectivity index (χ4n) is 9.05. The summed E-state index contributed by atoms with van der Waals surface area (Å²) in [6, 6.07) is 0. The van der Waals surface area contributed by atoms with E-state index in [9.17, 15) is 14.4 Å². The molecule has 0 aliphatic carbocycles. The van der Waals surface area contributed by atoms with Gasteiger partial charge in [-0.2, -0.15) is 0 Å². The molecule has 432 valence electrons. The summed E-state index contributed by atoms with van der Waals surface area (Å²) in [4.78, 5) is 38.3. The highest BCUT2D eigenvalue weighted by atomic mass is 16.6. The van der Waals surface area contributed by atoms with E-state index in [1.54, 1.807) is 0 Å². The lowest BCUT2D eigenvalue weighted by atomic mass is 10.1. The van der Waals surface area contributed by atoms with Crippen LogP contribution in [-0.2, 0) is 28.6 Å². The maximum Gasteiger partial charge on any atom is 0.306 e. The lowest BCUT2D eigenvalue weighted by Crippen LogP contribution is -2.30. The van der Waals surface area contributed by atoms with Crippen LogP contribution in [0.15, 0.2) is 85.1 Å². The van der Waals surface area contributed by atoms with Crippen molar-refractivity contribution >= 4 is 17.9 Å². The Bertz CT molecular complexity index is 1430. The van der Waals surface area contributed by atoms with Crippen LogP contribution < -0.4 is 0 Å². The molecule has 0 N–H and O–H groups in total. The Morgan fingerprint density at radius 1 is 0.280 bits per heavy atom. The van der Waals surface area contributed by atoms with Crippen LogP contribution in [0.5, 0.6) is 0 Å². The molecule has 0 rings (SSSR count). The van der Waals surface area contributed by atoms with E-state index in [2.05, 4.69) is 106 Å². The molecule has 1 unspecified atom stereocenters. The molecule has 6 heteroatoms. The van der Waals surface area contributed by atoms with Crippen molar-refractivity contribution in [3.05, 3.63) is 85.1 Å². The predicted molar refractivity (Wildman–Crippen MR) is 325 cm³/mol. The molecule has 0 saturated carbocycles. The normalized spacial score (nSPS) is 12.6. The maximum atomic E-state index is 12.9. The van der Waals surface area contributed by atoms with Gasteiger partial charge in [-0.3, -0.25) is 14.4 Å². The van der Waals surface area contributed by atoms with E-state index in [-0.39, 0.29) is 31.1 Å². The van der Waals surface area contributed by atoms with Gasteiger partial charge >= 0.3 is 17.9 Å². The fourth-order valence-corrected chi connectivity index (χ4v) is 9.05. The Morgan fingerprint density at radius 2 is 0.520 bits per heavy atom. The molecule has 1 atom stereocenters. The SMILES string of the molecule is CC/C=C\C/C=C\C/C=C\C/C=C\C/C=C\CCCCCCCCCC(=O)OCC(COC(=O)CCCCCCC/C=C\CCCCCCCC)OC(=O)CCCCCCCCCCC/C=C\CCCCCCCC. The minimum Gasteiger partial charge on any atom is -0.462 e. The van der Waals surface area contributed by atoms with E-state index in [0.717, 1.165) is 103 Å². The average Bonchev–Trinajstić information content (AvgIpc) is 3.41. The molecule has 0 aliphatic rings. The van der Waals surface area contributed by atoms with Gasteiger partial charge in [0.2, 0.25) is 0 Å². The lowest BCUT2D eigenvalue weighted by molar-refractivity contribution is -0.167. The molecule has 0 heterocycles. The number of carbonyl (C=O) groups is 3. The van der Waals surface area contributed by atoms with E-state index in [4.69, 9.17) is 14.2 Å². The van der Waals surface area contributed by atoms with Crippen molar-refractivity contribution in [3.8, 4) is 0 Å². The highest BCUT2D eigenvalue weighted by Gasteiger charge is 2.19. The zero-order valence-electron chi connectivity index (χ0n) is 49.6. The molecule has 0 saturated heterocycles. The Morgan fingerprint density at radius 3 is 0.827 bits per heavy atom. The van der Waals surface area contributed by atoms with Gasteiger partial charge in [0, 0.05) is 19.3 Å². The van der Waals surface area contributed by atoms with Crippen molar-refractivity contribution in [2.75, 3.05) is 13.2 Å². The third-order valence-electron chi connectivity index (χ3n) is 13.9. The second-order valence-corrected chi connectivity index (χ2v) is 21.3. The van der Waals surface area contributed by atoms with Crippen LogP contribution in [0.3, 0.4) is 0 Å². The molecule has 0 aliphatic heterocycles. The standard InChI is InChI=1S/C69H120O6/c1-4-7-10-13-16-19-22-25-28-30-32-33-34-35-37-38-41-44-47-50-53-56-59-62-68(71)74-65-66(64-73-67(70)61-58-55-52-49-46-43-40-27-24-21-18-15-12-9-6-3)75-69(72)63-60-57-54-51-48-45-42-39-36-31-29-26-23-20-17-14-11-8-5-2/h7,10,16,19,25-29,32-33,35,37,40,66H,4-6,8-9,11-15,17-18,20-24,30-31,34,36,38-39,41-65H2,1-3H3/b10-7-,19-16-,28-25-,29-26-,33-32-,37-35-,40-27-. The second-order valence-electron chi connectivity index (χ2n) is 21.3. The summed E-state index contributed by atoms with van der Waals surface area (Å²) in [5.74, 6) is -0.892. The van der Waals surface area contributed by atoms with Gasteiger partial charge in [-0.1, -0.05) is 266 Å². The summed E-state index contributed by atoms with van der Waals surface area (Å²) in [7, 11) is 0. The molecule has 0 bridgehead atoms. The average molecular weight is 1050 g/mol. The molecule has 75 heavy (non-hydrogen) atoms. The minimum absolute atomic E-state index is 0.0838. The smallest absolute Gasteiger partial charge is 0.306 e. The Balaban J connectivity index is 4.39. The Kier molecular flexibility index (Phi) is 60.3. The zero-order chi connectivity index (χ0) is 54.3. The van der Waals surface area contributed by atoms with Crippen molar-refractivity contribution in [2.24, 2.45) is 0 Å². The highest BCUT2D eigenvalue weighted by molar-refractivity contribution is 5.71. The molecule has 0 spiro atoms. The number of carbonyl (C=O) groups excluding carboxylic acids is 3. The van der Waals surface area contributed by atoms with Crippen LogP contribution in [0.25, 0.3) is 0 Å². The zero-order valence-corrected chi connectivity index (χ0v) is 49.6. The summed E-state index contributed by atoms with van der Waals surface area (Å²) >= 11 is 0. The quantitative estimate of drug-likeness (QED) is 0.0261. The van der Waals surface area contributed by atoms with Crippen molar-refractivity contribution in [3.63, 3.8) is 0 Å². The van der Waals surface area contributed by atoms with Crippen LogP contribution in [0, 0.1) is 0 Å². The van der Waals surface area contributed by atoms with E-state index < -0.39 is 6.10 Å². The fraction of sp³-hybridized carbons (Fsp3) is 0.754. The van der Waals surface area contributed by atoms with E-state index in [1.165, 1.54) is 173 Å². The first kappa shape index (κ1) is 71.6. The van der Waals surface area contributed by atoms with Crippen molar-refractivity contribution in [1.29, 1.82) is 0 Å². The number of hydrogen-bond acceptors (Lipinski definition) is 6. The summed E-state index contributed by atoms with van der Waals surface area (Å²) in [6.45, 7) is 6.53. The number of rotatable bonds is 58. The molecule has 6 nitrogen and oxygen atoms in total. The first-order valence-corrected chi connectivity index (χ1v) is 32.1. The molecular weight excluding hydrogens is 925 g/mol. The molecule has 0 radical (unpaired) electrons.